The third kappa shape index (κ3) is 2.00. The second kappa shape index (κ2) is 4.35. The Bertz CT molecular complexity index is 697. The summed E-state index contributed by atoms with van der Waals surface area (Å²) in [5.41, 5.74) is 1.72. The molecule has 0 radical (unpaired) electrons. The van der Waals surface area contributed by atoms with Crippen molar-refractivity contribution in [3.63, 3.8) is 0 Å². The average molecular weight is 261 g/mol. The highest BCUT2D eigenvalue weighted by Crippen LogP contribution is 2.24. The van der Waals surface area contributed by atoms with E-state index in [1.165, 1.54) is 4.57 Å². The van der Waals surface area contributed by atoms with Gasteiger partial charge in [-0.05, 0) is 31.5 Å². The standard InChI is InChI=1S/C14H15NO4/c1-8-5-10(7-18-8)13(16)9-3-4-11-12(6-9)19-14(17)15(11)2/h3-4,6,8,10H,5,7H2,1-2H3. The van der Waals surface area contributed by atoms with E-state index in [1.54, 1.807) is 25.2 Å². The number of aromatic nitrogens is 1. The summed E-state index contributed by atoms with van der Waals surface area (Å²) in [6, 6.07) is 5.12. The van der Waals surface area contributed by atoms with Crippen LogP contribution in [0.15, 0.2) is 27.4 Å². The van der Waals surface area contributed by atoms with E-state index in [0.29, 0.717) is 23.3 Å². The number of aryl methyl sites for hydroxylation is 1. The van der Waals surface area contributed by atoms with Gasteiger partial charge >= 0.3 is 5.76 Å². The Labute approximate surface area is 109 Å². The molecule has 3 rings (SSSR count). The zero-order chi connectivity index (χ0) is 13.6. The molecule has 2 atom stereocenters. The summed E-state index contributed by atoms with van der Waals surface area (Å²) in [6.45, 7) is 2.43. The normalized spacial score (nSPS) is 23.1. The van der Waals surface area contributed by atoms with Gasteiger partial charge in [0.25, 0.3) is 0 Å². The van der Waals surface area contributed by atoms with E-state index in [0.717, 1.165) is 6.42 Å². The summed E-state index contributed by atoms with van der Waals surface area (Å²) in [5.74, 6) is -0.460. The zero-order valence-corrected chi connectivity index (χ0v) is 10.9. The van der Waals surface area contributed by atoms with E-state index in [9.17, 15) is 9.59 Å². The maximum Gasteiger partial charge on any atom is 0.419 e. The number of benzene rings is 1. The van der Waals surface area contributed by atoms with E-state index in [4.69, 9.17) is 9.15 Å². The molecule has 2 aromatic rings. The van der Waals surface area contributed by atoms with Crippen molar-refractivity contribution < 1.29 is 13.9 Å². The van der Waals surface area contributed by atoms with E-state index in [2.05, 4.69) is 0 Å². The molecular weight excluding hydrogens is 246 g/mol. The average Bonchev–Trinajstić information content (AvgIpc) is 2.94. The third-order valence-electron chi connectivity index (χ3n) is 3.65. The number of rotatable bonds is 2. The summed E-state index contributed by atoms with van der Waals surface area (Å²) < 4.78 is 11.9. The molecule has 5 nitrogen and oxygen atoms in total. The van der Waals surface area contributed by atoms with E-state index in [1.807, 2.05) is 6.92 Å². The van der Waals surface area contributed by atoms with Crippen LogP contribution in [-0.2, 0) is 11.8 Å². The van der Waals surface area contributed by atoms with Crippen molar-refractivity contribution in [1.29, 1.82) is 0 Å². The van der Waals surface area contributed by atoms with E-state index >= 15 is 0 Å². The highest BCUT2D eigenvalue weighted by atomic mass is 16.5. The molecule has 0 spiro atoms. The Morgan fingerprint density at radius 3 is 2.89 bits per heavy atom. The van der Waals surface area contributed by atoms with Gasteiger partial charge in [-0.25, -0.2) is 4.79 Å². The lowest BCUT2D eigenvalue weighted by Crippen LogP contribution is -2.14. The van der Waals surface area contributed by atoms with Crippen molar-refractivity contribution >= 4 is 16.9 Å². The van der Waals surface area contributed by atoms with Gasteiger partial charge in [0.2, 0.25) is 0 Å². The molecule has 100 valence electrons. The lowest BCUT2D eigenvalue weighted by Gasteiger charge is -2.06. The molecule has 2 heterocycles. The first kappa shape index (κ1) is 12.2. The molecule has 5 heteroatoms. The van der Waals surface area contributed by atoms with Crippen LogP contribution in [0.3, 0.4) is 0 Å². The van der Waals surface area contributed by atoms with Crippen molar-refractivity contribution in [3.05, 3.63) is 34.3 Å². The number of nitrogens with zero attached hydrogens (tertiary/aromatic N) is 1. The number of ether oxygens (including phenoxy) is 1. The molecule has 2 unspecified atom stereocenters. The number of fused-ring (bicyclic) bond motifs is 1. The highest BCUT2D eigenvalue weighted by molar-refractivity contribution is 6.00. The molecule has 0 saturated carbocycles. The van der Waals surface area contributed by atoms with Crippen LogP contribution in [-0.4, -0.2) is 23.1 Å². The third-order valence-corrected chi connectivity index (χ3v) is 3.65. The molecule has 0 N–H and O–H groups in total. The Kier molecular flexibility index (Phi) is 2.78. The molecular formula is C14H15NO4. The molecule has 1 aliphatic heterocycles. The minimum atomic E-state index is -0.419. The molecule has 0 aliphatic carbocycles. The lowest BCUT2D eigenvalue weighted by atomic mass is 9.95. The molecule has 0 bridgehead atoms. The summed E-state index contributed by atoms with van der Waals surface area (Å²) in [4.78, 5) is 23.7. The fourth-order valence-electron chi connectivity index (χ4n) is 2.52. The molecule has 1 aliphatic rings. The Hall–Kier alpha value is -1.88. The second-order valence-corrected chi connectivity index (χ2v) is 5.05. The summed E-state index contributed by atoms with van der Waals surface area (Å²) in [7, 11) is 1.64. The van der Waals surface area contributed by atoms with Crippen LogP contribution < -0.4 is 5.76 Å². The minimum absolute atomic E-state index is 0.0535. The van der Waals surface area contributed by atoms with Gasteiger partial charge in [-0.15, -0.1) is 0 Å². The van der Waals surface area contributed by atoms with Crippen LogP contribution in [0.4, 0.5) is 0 Å². The van der Waals surface area contributed by atoms with Gasteiger partial charge in [-0.3, -0.25) is 9.36 Å². The van der Waals surface area contributed by atoms with Gasteiger partial charge in [0.05, 0.1) is 18.2 Å². The van der Waals surface area contributed by atoms with E-state index < -0.39 is 5.76 Å². The van der Waals surface area contributed by atoms with Crippen LogP contribution in [0.5, 0.6) is 0 Å². The number of oxazole rings is 1. The Morgan fingerprint density at radius 1 is 1.42 bits per heavy atom. The molecule has 0 amide bonds. The highest BCUT2D eigenvalue weighted by Gasteiger charge is 2.29. The summed E-state index contributed by atoms with van der Waals surface area (Å²) in [5, 5.41) is 0. The quantitative estimate of drug-likeness (QED) is 0.772. The fourth-order valence-corrected chi connectivity index (χ4v) is 2.52. The fraction of sp³-hybridized carbons (Fsp3) is 0.429. The smallest absolute Gasteiger partial charge is 0.408 e. The monoisotopic (exact) mass is 261 g/mol. The van der Waals surface area contributed by atoms with Crippen molar-refractivity contribution in [2.45, 2.75) is 19.4 Å². The maximum absolute atomic E-state index is 12.3. The van der Waals surface area contributed by atoms with Gasteiger partial charge in [0.1, 0.15) is 0 Å². The van der Waals surface area contributed by atoms with Crippen LogP contribution >= 0.6 is 0 Å². The number of carbonyl (C=O) groups is 1. The predicted octanol–water partition coefficient (Wildman–Crippen LogP) is 1.74. The molecule has 1 aromatic carbocycles. The predicted molar refractivity (Wildman–Crippen MR) is 69.3 cm³/mol. The van der Waals surface area contributed by atoms with Crippen molar-refractivity contribution in [3.8, 4) is 0 Å². The van der Waals surface area contributed by atoms with Crippen LogP contribution in [0.25, 0.3) is 11.1 Å². The SMILES string of the molecule is CC1CC(C(=O)c2ccc3c(c2)oc(=O)n3C)CO1. The topological polar surface area (TPSA) is 61.4 Å². The summed E-state index contributed by atoms with van der Waals surface area (Å²) >= 11 is 0. The first-order valence-corrected chi connectivity index (χ1v) is 6.31. The molecule has 19 heavy (non-hydrogen) atoms. The number of hydrogen-bond donors (Lipinski definition) is 0. The first-order chi connectivity index (χ1) is 9.06. The number of hydrogen-bond acceptors (Lipinski definition) is 4. The van der Waals surface area contributed by atoms with Crippen LogP contribution in [0.2, 0.25) is 0 Å². The number of ketones is 1. The van der Waals surface area contributed by atoms with Gasteiger partial charge in [-0.1, -0.05) is 0 Å². The largest absolute Gasteiger partial charge is 0.419 e. The Balaban J connectivity index is 1.97. The second-order valence-electron chi connectivity index (χ2n) is 5.05. The number of carbonyl (C=O) groups excluding carboxylic acids is 1. The first-order valence-electron chi connectivity index (χ1n) is 6.31. The lowest BCUT2D eigenvalue weighted by molar-refractivity contribution is 0.0877. The van der Waals surface area contributed by atoms with Crippen LogP contribution in [0.1, 0.15) is 23.7 Å². The maximum atomic E-state index is 12.3. The number of Topliss-reactive ketones (excluding diaryl/α,β-unsaturated/α-hetero) is 1. The van der Waals surface area contributed by atoms with E-state index in [-0.39, 0.29) is 17.8 Å². The molecule has 1 aromatic heterocycles. The van der Waals surface area contributed by atoms with Gasteiger partial charge in [0.15, 0.2) is 11.4 Å². The Morgan fingerprint density at radius 2 is 2.21 bits per heavy atom. The molecule has 1 fully saturated rings. The van der Waals surface area contributed by atoms with Gasteiger partial charge in [-0.2, -0.15) is 0 Å². The molecule has 1 saturated heterocycles. The van der Waals surface area contributed by atoms with Gasteiger partial charge < -0.3 is 9.15 Å². The van der Waals surface area contributed by atoms with Gasteiger partial charge in [0, 0.05) is 18.5 Å². The zero-order valence-electron chi connectivity index (χ0n) is 10.9. The van der Waals surface area contributed by atoms with Crippen molar-refractivity contribution in [2.75, 3.05) is 6.61 Å². The minimum Gasteiger partial charge on any atom is -0.408 e. The van der Waals surface area contributed by atoms with Crippen LogP contribution in [0, 0.1) is 5.92 Å². The van der Waals surface area contributed by atoms with Crippen molar-refractivity contribution in [2.24, 2.45) is 13.0 Å². The summed E-state index contributed by atoms with van der Waals surface area (Å²) in [6.07, 6.45) is 0.877. The van der Waals surface area contributed by atoms with Crippen molar-refractivity contribution in [1.82, 2.24) is 4.57 Å².